The number of nitrogens with two attached hydrogens (primary N) is 1. The first-order chi connectivity index (χ1) is 10.2. The molecule has 0 saturated heterocycles. The topological polar surface area (TPSA) is 63.8 Å². The van der Waals surface area contributed by atoms with Crippen molar-refractivity contribution in [1.29, 1.82) is 0 Å². The van der Waals surface area contributed by atoms with Gasteiger partial charge < -0.3 is 11.1 Å². The van der Waals surface area contributed by atoms with Gasteiger partial charge in [0.25, 0.3) is 0 Å². The predicted molar refractivity (Wildman–Crippen MR) is 92.2 cm³/mol. The summed E-state index contributed by atoms with van der Waals surface area (Å²) >= 11 is 3.47. The summed E-state index contributed by atoms with van der Waals surface area (Å²) < 4.78 is 0. The van der Waals surface area contributed by atoms with Crippen molar-refractivity contribution in [3.8, 4) is 0 Å². The molecule has 3 aromatic heterocycles. The highest BCUT2D eigenvalue weighted by molar-refractivity contribution is 7.18. The second-order valence-electron chi connectivity index (χ2n) is 4.79. The molecule has 0 aromatic carbocycles. The number of nitrogens with zero attached hydrogens (tertiary/aromatic N) is 2. The van der Waals surface area contributed by atoms with Crippen LogP contribution in [0.4, 0.5) is 11.8 Å². The Balaban J connectivity index is 1.91. The minimum absolute atomic E-state index is 0.330. The first kappa shape index (κ1) is 14.3. The number of hydrogen-bond donors (Lipinski definition) is 2. The summed E-state index contributed by atoms with van der Waals surface area (Å²) in [7, 11) is 0. The van der Waals surface area contributed by atoms with Crippen LogP contribution in [0.2, 0.25) is 0 Å². The lowest BCUT2D eigenvalue weighted by atomic mass is 10.2. The summed E-state index contributed by atoms with van der Waals surface area (Å²) in [5, 5.41) is 6.64. The monoisotopic (exact) mass is 318 g/mol. The number of thiophene rings is 2. The first-order valence-corrected chi connectivity index (χ1v) is 8.76. The summed E-state index contributed by atoms with van der Waals surface area (Å²) in [4.78, 5) is 12.3. The van der Waals surface area contributed by atoms with Crippen molar-refractivity contribution in [3.63, 3.8) is 0 Å². The van der Waals surface area contributed by atoms with E-state index >= 15 is 0 Å². The van der Waals surface area contributed by atoms with Crippen LogP contribution in [0.5, 0.6) is 0 Å². The van der Waals surface area contributed by atoms with Crippen LogP contribution in [-0.4, -0.2) is 9.97 Å². The first-order valence-electron chi connectivity index (χ1n) is 7.06. The molecule has 3 rings (SSSR count). The van der Waals surface area contributed by atoms with E-state index in [0.29, 0.717) is 5.95 Å². The van der Waals surface area contributed by atoms with Gasteiger partial charge in [-0.1, -0.05) is 13.8 Å². The fraction of sp³-hybridized carbons (Fsp3) is 0.333. The minimum atomic E-state index is 0.330. The van der Waals surface area contributed by atoms with Crippen molar-refractivity contribution in [2.45, 2.75) is 33.2 Å². The number of anilines is 2. The Morgan fingerprint density at radius 1 is 1.24 bits per heavy atom. The molecule has 0 bridgehead atoms. The molecule has 4 nitrogen and oxygen atoms in total. The van der Waals surface area contributed by atoms with Gasteiger partial charge in [-0.15, -0.1) is 22.7 Å². The van der Waals surface area contributed by atoms with Gasteiger partial charge in [0.05, 0.1) is 11.9 Å². The summed E-state index contributed by atoms with van der Waals surface area (Å²) in [5.74, 6) is 1.17. The molecular formula is C15H18N4S2. The van der Waals surface area contributed by atoms with Crippen LogP contribution in [0.25, 0.3) is 10.2 Å². The van der Waals surface area contributed by atoms with Gasteiger partial charge in [0.2, 0.25) is 5.95 Å². The number of nitrogens with one attached hydrogen (secondary N) is 1. The molecule has 0 spiro atoms. The van der Waals surface area contributed by atoms with Gasteiger partial charge >= 0.3 is 0 Å². The SMILES string of the molecule is CCc1cc2c(NCc3sccc3CC)nc(N)nc2s1. The quantitative estimate of drug-likeness (QED) is 0.744. The highest BCUT2D eigenvalue weighted by Crippen LogP contribution is 2.30. The highest BCUT2D eigenvalue weighted by Gasteiger charge is 2.11. The van der Waals surface area contributed by atoms with Gasteiger partial charge in [-0.2, -0.15) is 4.98 Å². The van der Waals surface area contributed by atoms with Gasteiger partial charge in [-0.25, -0.2) is 4.98 Å². The number of fused-ring (bicyclic) bond motifs is 1. The molecule has 3 heterocycles. The zero-order valence-electron chi connectivity index (χ0n) is 12.1. The van der Waals surface area contributed by atoms with Crippen molar-refractivity contribution >= 4 is 44.7 Å². The van der Waals surface area contributed by atoms with Gasteiger partial charge in [-0.05, 0) is 35.9 Å². The van der Waals surface area contributed by atoms with E-state index in [-0.39, 0.29) is 0 Å². The van der Waals surface area contributed by atoms with Crippen molar-refractivity contribution in [2.75, 3.05) is 11.1 Å². The molecule has 0 fully saturated rings. The average molecular weight is 318 g/mol. The summed E-state index contributed by atoms with van der Waals surface area (Å²) in [6, 6.07) is 4.35. The van der Waals surface area contributed by atoms with Crippen LogP contribution >= 0.6 is 22.7 Å². The predicted octanol–water partition coefficient (Wildman–Crippen LogP) is 4.07. The Morgan fingerprint density at radius 2 is 2.10 bits per heavy atom. The van der Waals surface area contributed by atoms with Crippen LogP contribution in [0.3, 0.4) is 0 Å². The lowest BCUT2D eigenvalue weighted by molar-refractivity contribution is 1.07. The lowest BCUT2D eigenvalue weighted by Gasteiger charge is -2.07. The number of aryl methyl sites for hydroxylation is 2. The number of aromatic nitrogens is 2. The zero-order chi connectivity index (χ0) is 14.8. The number of nitrogen functional groups attached to an aromatic ring is 1. The van der Waals surface area contributed by atoms with E-state index in [1.807, 2.05) is 0 Å². The van der Waals surface area contributed by atoms with E-state index in [2.05, 4.69) is 46.6 Å². The van der Waals surface area contributed by atoms with Crippen molar-refractivity contribution in [2.24, 2.45) is 0 Å². The molecule has 0 saturated carbocycles. The Hall–Kier alpha value is -1.66. The molecule has 0 radical (unpaired) electrons. The third kappa shape index (κ3) is 2.87. The maximum absolute atomic E-state index is 5.83. The maximum Gasteiger partial charge on any atom is 0.223 e. The minimum Gasteiger partial charge on any atom is -0.368 e. The van der Waals surface area contributed by atoms with E-state index < -0.39 is 0 Å². The normalized spacial score (nSPS) is 11.1. The molecule has 3 N–H and O–H groups in total. The third-order valence-electron chi connectivity index (χ3n) is 3.44. The standard InChI is InChI=1S/C15H18N4S2/c1-3-9-5-6-20-12(9)8-17-13-11-7-10(4-2)21-14(11)19-15(16)18-13/h5-7H,3-4,8H2,1-2H3,(H3,16,17,18,19). The molecule has 0 atom stereocenters. The Kier molecular flexibility index (Phi) is 4.07. The van der Waals surface area contributed by atoms with E-state index in [0.717, 1.165) is 35.4 Å². The number of rotatable bonds is 5. The van der Waals surface area contributed by atoms with Crippen molar-refractivity contribution < 1.29 is 0 Å². The summed E-state index contributed by atoms with van der Waals surface area (Å²) in [5.41, 5.74) is 7.22. The van der Waals surface area contributed by atoms with Gasteiger partial charge in [0, 0.05) is 9.75 Å². The molecule has 0 aliphatic heterocycles. The van der Waals surface area contributed by atoms with Gasteiger partial charge in [-0.3, -0.25) is 0 Å². The third-order valence-corrected chi connectivity index (χ3v) is 5.58. The maximum atomic E-state index is 5.83. The molecule has 0 aliphatic carbocycles. The molecule has 0 amide bonds. The van der Waals surface area contributed by atoms with Crippen molar-refractivity contribution in [1.82, 2.24) is 9.97 Å². The molecule has 0 unspecified atom stereocenters. The van der Waals surface area contributed by atoms with Gasteiger partial charge in [0.15, 0.2) is 0 Å². The second-order valence-corrected chi connectivity index (χ2v) is 6.91. The van der Waals surface area contributed by atoms with Crippen LogP contribution < -0.4 is 11.1 Å². The molecular weight excluding hydrogens is 300 g/mol. The second kappa shape index (κ2) is 5.99. The average Bonchev–Trinajstić information content (AvgIpc) is 3.10. The molecule has 21 heavy (non-hydrogen) atoms. The Labute approximate surface area is 132 Å². The smallest absolute Gasteiger partial charge is 0.223 e. The Morgan fingerprint density at radius 3 is 2.86 bits per heavy atom. The largest absolute Gasteiger partial charge is 0.368 e. The molecule has 110 valence electrons. The fourth-order valence-corrected chi connectivity index (χ4v) is 4.19. The van der Waals surface area contributed by atoms with Crippen LogP contribution in [-0.2, 0) is 19.4 Å². The summed E-state index contributed by atoms with van der Waals surface area (Å²) in [6.45, 7) is 5.11. The lowest BCUT2D eigenvalue weighted by Crippen LogP contribution is -2.04. The van der Waals surface area contributed by atoms with Crippen LogP contribution in [0, 0.1) is 0 Å². The van der Waals surface area contributed by atoms with E-state index in [9.17, 15) is 0 Å². The highest BCUT2D eigenvalue weighted by atomic mass is 32.1. The van der Waals surface area contributed by atoms with E-state index in [1.54, 1.807) is 22.7 Å². The zero-order valence-corrected chi connectivity index (χ0v) is 13.8. The van der Waals surface area contributed by atoms with E-state index in [1.165, 1.54) is 15.3 Å². The van der Waals surface area contributed by atoms with Crippen molar-refractivity contribution in [3.05, 3.63) is 32.8 Å². The summed E-state index contributed by atoms with van der Waals surface area (Å²) in [6.07, 6.45) is 2.06. The van der Waals surface area contributed by atoms with Crippen LogP contribution in [0.15, 0.2) is 17.5 Å². The number of hydrogen-bond acceptors (Lipinski definition) is 6. The van der Waals surface area contributed by atoms with Crippen LogP contribution in [0.1, 0.15) is 29.2 Å². The molecule has 0 aliphatic rings. The van der Waals surface area contributed by atoms with Gasteiger partial charge in [0.1, 0.15) is 10.6 Å². The molecule has 6 heteroatoms. The molecule has 3 aromatic rings. The van der Waals surface area contributed by atoms with E-state index in [4.69, 9.17) is 5.73 Å². The fourth-order valence-electron chi connectivity index (χ4n) is 2.30. The Bertz CT molecular complexity index is 760.